The summed E-state index contributed by atoms with van der Waals surface area (Å²) in [5.41, 5.74) is 3.68. The molecule has 3 heteroatoms. The molecule has 20 heavy (non-hydrogen) atoms. The maximum Gasteiger partial charge on any atom is 0.0994 e. The van der Waals surface area contributed by atoms with Gasteiger partial charge in [-0.05, 0) is 42.8 Å². The van der Waals surface area contributed by atoms with Gasteiger partial charge in [0.2, 0.25) is 0 Å². The Morgan fingerprint density at radius 3 is 2.35 bits per heavy atom. The zero-order valence-electron chi connectivity index (χ0n) is 11.4. The summed E-state index contributed by atoms with van der Waals surface area (Å²) in [6.45, 7) is 2.56. The van der Waals surface area contributed by atoms with Gasteiger partial charge in [-0.25, -0.2) is 0 Å². The van der Waals surface area contributed by atoms with Crippen molar-refractivity contribution in [1.29, 1.82) is 10.5 Å². The van der Waals surface area contributed by atoms with E-state index in [2.05, 4.69) is 17.0 Å². The SMILES string of the molecule is Cc1cc(N(CCC#N)c2ccccc2)ccc1C#N. The summed E-state index contributed by atoms with van der Waals surface area (Å²) in [4.78, 5) is 2.09. The minimum absolute atomic E-state index is 0.452. The smallest absolute Gasteiger partial charge is 0.0994 e. The van der Waals surface area contributed by atoms with Gasteiger partial charge in [-0.2, -0.15) is 10.5 Å². The van der Waals surface area contributed by atoms with Crippen molar-refractivity contribution in [2.24, 2.45) is 0 Å². The van der Waals surface area contributed by atoms with Gasteiger partial charge < -0.3 is 4.90 Å². The van der Waals surface area contributed by atoms with Crippen molar-refractivity contribution in [1.82, 2.24) is 0 Å². The van der Waals surface area contributed by atoms with Crippen LogP contribution in [0.3, 0.4) is 0 Å². The molecule has 0 aliphatic heterocycles. The van der Waals surface area contributed by atoms with E-state index in [9.17, 15) is 0 Å². The van der Waals surface area contributed by atoms with Crippen molar-refractivity contribution < 1.29 is 0 Å². The standard InChI is InChI=1S/C17H15N3/c1-14-12-17(9-8-15(14)13-19)20(11-5-10-18)16-6-3-2-4-7-16/h2-4,6-9,12H,5,11H2,1H3. The highest BCUT2D eigenvalue weighted by atomic mass is 15.1. The van der Waals surface area contributed by atoms with Crippen LogP contribution in [0.1, 0.15) is 17.5 Å². The number of rotatable bonds is 4. The lowest BCUT2D eigenvalue weighted by atomic mass is 10.1. The molecule has 0 atom stereocenters. The van der Waals surface area contributed by atoms with E-state index >= 15 is 0 Å². The lowest BCUT2D eigenvalue weighted by Gasteiger charge is -2.24. The van der Waals surface area contributed by atoms with Crippen LogP contribution in [0.4, 0.5) is 11.4 Å². The van der Waals surface area contributed by atoms with E-state index in [1.54, 1.807) is 0 Å². The Balaban J connectivity index is 2.40. The molecular formula is C17H15N3. The first kappa shape index (κ1) is 13.6. The third-order valence-corrected chi connectivity index (χ3v) is 3.16. The number of nitrogens with zero attached hydrogens (tertiary/aromatic N) is 3. The van der Waals surface area contributed by atoms with Crippen LogP contribution in [-0.2, 0) is 0 Å². The van der Waals surface area contributed by atoms with Crippen LogP contribution in [0.2, 0.25) is 0 Å². The summed E-state index contributed by atoms with van der Waals surface area (Å²) >= 11 is 0. The third kappa shape index (κ3) is 2.96. The van der Waals surface area contributed by atoms with E-state index in [0.717, 1.165) is 16.9 Å². The molecule has 0 aromatic heterocycles. The van der Waals surface area contributed by atoms with Crippen LogP contribution in [0, 0.1) is 29.6 Å². The number of hydrogen-bond acceptors (Lipinski definition) is 3. The van der Waals surface area contributed by atoms with Gasteiger partial charge in [0, 0.05) is 17.9 Å². The fourth-order valence-electron chi connectivity index (χ4n) is 2.12. The van der Waals surface area contributed by atoms with Crippen molar-refractivity contribution in [2.45, 2.75) is 13.3 Å². The molecular weight excluding hydrogens is 246 g/mol. The Morgan fingerprint density at radius 1 is 1.00 bits per heavy atom. The molecule has 0 fully saturated rings. The van der Waals surface area contributed by atoms with Crippen molar-refractivity contribution >= 4 is 11.4 Å². The summed E-state index contributed by atoms with van der Waals surface area (Å²) in [5.74, 6) is 0. The maximum absolute atomic E-state index is 9.00. The van der Waals surface area contributed by atoms with E-state index < -0.39 is 0 Å². The minimum Gasteiger partial charge on any atom is -0.340 e. The first-order valence-electron chi connectivity index (χ1n) is 6.46. The highest BCUT2D eigenvalue weighted by Crippen LogP contribution is 2.27. The van der Waals surface area contributed by atoms with Crippen LogP contribution in [0.25, 0.3) is 0 Å². The molecule has 98 valence electrons. The van der Waals surface area contributed by atoms with Gasteiger partial charge in [-0.1, -0.05) is 18.2 Å². The maximum atomic E-state index is 9.00. The Morgan fingerprint density at radius 2 is 1.75 bits per heavy atom. The van der Waals surface area contributed by atoms with Gasteiger partial charge in [0.15, 0.2) is 0 Å². The summed E-state index contributed by atoms with van der Waals surface area (Å²) in [6.07, 6.45) is 0.452. The monoisotopic (exact) mass is 261 g/mol. The van der Waals surface area contributed by atoms with Gasteiger partial charge in [0.25, 0.3) is 0 Å². The second-order valence-electron chi connectivity index (χ2n) is 4.51. The molecule has 0 spiro atoms. The lowest BCUT2D eigenvalue weighted by Crippen LogP contribution is -2.18. The minimum atomic E-state index is 0.452. The highest BCUT2D eigenvalue weighted by Gasteiger charge is 2.10. The molecule has 0 bridgehead atoms. The van der Waals surface area contributed by atoms with Crippen LogP contribution < -0.4 is 4.90 Å². The molecule has 0 saturated carbocycles. The van der Waals surface area contributed by atoms with E-state index in [0.29, 0.717) is 18.5 Å². The predicted molar refractivity (Wildman–Crippen MR) is 79.6 cm³/mol. The molecule has 0 saturated heterocycles. The highest BCUT2D eigenvalue weighted by molar-refractivity contribution is 5.65. The normalized spacial score (nSPS) is 9.55. The fraction of sp³-hybridized carbons (Fsp3) is 0.176. The van der Waals surface area contributed by atoms with E-state index in [1.165, 1.54) is 0 Å². The molecule has 0 radical (unpaired) electrons. The molecule has 0 amide bonds. The zero-order chi connectivity index (χ0) is 14.4. The summed E-state index contributed by atoms with van der Waals surface area (Å²) in [7, 11) is 0. The first-order valence-corrected chi connectivity index (χ1v) is 6.46. The number of aryl methyl sites for hydroxylation is 1. The van der Waals surface area contributed by atoms with E-state index in [1.807, 2.05) is 55.5 Å². The van der Waals surface area contributed by atoms with Crippen molar-refractivity contribution in [3.63, 3.8) is 0 Å². The molecule has 3 nitrogen and oxygen atoms in total. The Bertz CT molecular complexity index is 663. The quantitative estimate of drug-likeness (QED) is 0.838. The molecule has 0 N–H and O–H groups in total. The molecule has 0 unspecified atom stereocenters. The molecule has 0 aliphatic rings. The van der Waals surface area contributed by atoms with Crippen LogP contribution in [0.5, 0.6) is 0 Å². The number of anilines is 2. The molecule has 2 aromatic rings. The second kappa shape index (κ2) is 6.41. The van der Waals surface area contributed by atoms with E-state index in [-0.39, 0.29) is 0 Å². The Labute approximate surface area is 119 Å². The first-order chi connectivity index (χ1) is 9.76. The molecule has 0 aliphatic carbocycles. The van der Waals surface area contributed by atoms with Crippen molar-refractivity contribution in [2.75, 3.05) is 11.4 Å². The third-order valence-electron chi connectivity index (χ3n) is 3.16. The average molecular weight is 261 g/mol. The number of benzene rings is 2. The second-order valence-corrected chi connectivity index (χ2v) is 4.51. The van der Waals surface area contributed by atoms with Gasteiger partial charge in [-0.3, -0.25) is 0 Å². The number of para-hydroxylation sites is 1. The Kier molecular flexibility index (Phi) is 4.37. The van der Waals surface area contributed by atoms with Gasteiger partial charge in [-0.15, -0.1) is 0 Å². The average Bonchev–Trinajstić information content (AvgIpc) is 2.49. The van der Waals surface area contributed by atoms with Crippen LogP contribution >= 0.6 is 0 Å². The van der Waals surface area contributed by atoms with Crippen LogP contribution in [-0.4, -0.2) is 6.54 Å². The fourth-order valence-corrected chi connectivity index (χ4v) is 2.12. The summed E-state index contributed by atoms with van der Waals surface area (Å²) in [5, 5.41) is 17.8. The van der Waals surface area contributed by atoms with Gasteiger partial charge in [0.05, 0.1) is 24.1 Å². The number of hydrogen-bond donors (Lipinski definition) is 0. The van der Waals surface area contributed by atoms with Gasteiger partial charge in [0.1, 0.15) is 0 Å². The number of nitriles is 2. The predicted octanol–water partition coefficient (Wildman–Crippen LogP) is 3.92. The summed E-state index contributed by atoms with van der Waals surface area (Å²) in [6, 6.07) is 20.1. The van der Waals surface area contributed by atoms with Gasteiger partial charge >= 0.3 is 0 Å². The molecule has 0 heterocycles. The molecule has 2 aromatic carbocycles. The van der Waals surface area contributed by atoms with Crippen molar-refractivity contribution in [3.8, 4) is 12.1 Å². The largest absolute Gasteiger partial charge is 0.340 e. The molecule has 2 rings (SSSR count). The van der Waals surface area contributed by atoms with Crippen LogP contribution in [0.15, 0.2) is 48.5 Å². The summed E-state index contributed by atoms with van der Waals surface area (Å²) < 4.78 is 0. The lowest BCUT2D eigenvalue weighted by molar-refractivity contribution is 0.947. The van der Waals surface area contributed by atoms with E-state index in [4.69, 9.17) is 10.5 Å². The Hall–Kier alpha value is -2.78. The zero-order valence-corrected chi connectivity index (χ0v) is 11.4. The topological polar surface area (TPSA) is 50.8 Å². The van der Waals surface area contributed by atoms with Crippen molar-refractivity contribution in [3.05, 3.63) is 59.7 Å².